The molecule has 1 aliphatic rings. The maximum Gasteiger partial charge on any atom is 0.136 e. The lowest BCUT2D eigenvalue weighted by Crippen LogP contribution is -2.40. The lowest BCUT2D eigenvalue weighted by molar-refractivity contribution is 0.0530. The molecule has 1 aromatic carbocycles. The fourth-order valence-corrected chi connectivity index (χ4v) is 3.69. The van der Waals surface area contributed by atoms with Crippen molar-refractivity contribution in [3.05, 3.63) is 60.0 Å². The molecule has 1 fully saturated rings. The minimum absolute atomic E-state index is 0.0456. The van der Waals surface area contributed by atoms with Gasteiger partial charge in [0.1, 0.15) is 5.65 Å². The molecule has 0 saturated carbocycles. The Morgan fingerprint density at radius 1 is 1.12 bits per heavy atom. The first-order chi connectivity index (χ1) is 11.7. The monoisotopic (exact) mass is 321 g/mol. The Bertz CT molecular complexity index is 862. The Morgan fingerprint density at radius 3 is 2.75 bits per heavy atom. The second-order valence-electron chi connectivity index (χ2n) is 6.74. The lowest BCUT2D eigenvalue weighted by Gasteiger charge is -2.37. The van der Waals surface area contributed by atoms with Crippen LogP contribution in [-0.2, 0) is 10.2 Å². The van der Waals surface area contributed by atoms with Crippen molar-refractivity contribution in [2.75, 3.05) is 19.8 Å². The highest BCUT2D eigenvalue weighted by atomic mass is 16.5. The zero-order valence-electron chi connectivity index (χ0n) is 14.0. The Balaban J connectivity index is 1.75. The fourth-order valence-electron chi connectivity index (χ4n) is 3.69. The van der Waals surface area contributed by atoms with E-state index in [0.717, 1.165) is 37.4 Å². The van der Waals surface area contributed by atoms with Crippen LogP contribution in [0, 0.1) is 6.92 Å². The standard InChI is InChI=1S/C20H23N3O/c1-15-12-23-13-17(5-6-19(23)22-15)16-3-2-4-18(11-16)20(14-21)7-9-24-10-8-20/h2-6,11-13H,7-10,14,21H2,1H3. The van der Waals surface area contributed by atoms with E-state index in [1.54, 1.807) is 0 Å². The molecule has 1 saturated heterocycles. The summed E-state index contributed by atoms with van der Waals surface area (Å²) in [6, 6.07) is 13.0. The third-order valence-corrected chi connectivity index (χ3v) is 5.22. The molecule has 4 nitrogen and oxygen atoms in total. The SMILES string of the molecule is Cc1cn2cc(-c3cccc(C4(CN)CCOCC4)c3)ccc2n1. The van der Waals surface area contributed by atoms with Crippen LogP contribution in [-0.4, -0.2) is 29.1 Å². The molecule has 0 atom stereocenters. The first-order valence-electron chi connectivity index (χ1n) is 8.54. The van der Waals surface area contributed by atoms with Gasteiger partial charge in [-0.3, -0.25) is 0 Å². The van der Waals surface area contributed by atoms with Gasteiger partial charge in [-0.2, -0.15) is 0 Å². The number of imidazole rings is 1. The van der Waals surface area contributed by atoms with Gasteiger partial charge in [0.15, 0.2) is 0 Å². The number of hydrogen-bond donors (Lipinski definition) is 1. The van der Waals surface area contributed by atoms with Crippen LogP contribution in [0.4, 0.5) is 0 Å². The molecule has 0 amide bonds. The van der Waals surface area contributed by atoms with Crippen LogP contribution in [0.1, 0.15) is 24.1 Å². The van der Waals surface area contributed by atoms with Crippen molar-refractivity contribution in [2.24, 2.45) is 5.73 Å². The second kappa shape index (κ2) is 6.04. The van der Waals surface area contributed by atoms with Crippen molar-refractivity contribution >= 4 is 5.65 Å². The summed E-state index contributed by atoms with van der Waals surface area (Å²) < 4.78 is 7.64. The van der Waals surface area contributed by atoms with Crippen molar-refractivity contribution in [3.63, 3.8) is 0 Å². The van der Waals surface area contributed by atoms with Gasteiger partial charge in [0.05, 0.1) is 5.69 Å². The van der Waals surface area contributed by atoms with Crippen molar-refractivity contribution in [3.8, 4) is 11.1 Å². The first-order valence-corrected chi connectivity index (χ1v) is 8.54. The molecule has 3 heterocycles. The van der Waals surface area contributed by atoms with E-state index >= 15 is 0 Å². The summed E-state index contributed by atoms with van der Waals surface area (Å²) in [7, 11) is 0. The summed E-state index contributed by atoms with van der Waals surface area (Å²) >= 11 is 0. The predicted molar refractivity (Wildman–Crippen MR) is 96.2 cm³/mol. The molecular formula is C20H23N3O. The zero-order valence-corrected chi connectivity index (χ0v) is 14.0. The molecule has 124 valence electrons. The van der Waals surface area contributed by atoms with Gasteiger partial charge in [-0.05, 0) is 48.6 Å². The van der Waals surface area contributed by atoms with Crippen LogP contribution >= 0.6 is 0 Å². The summed E-state index contributed by atoms with van der Waals surface area (Å²) in [5.74, 6) is 0. The van der Waals surface area contributed by atoms with Gasteiger partial charge in [-0.1, -0.05) is 24.3 Å². The summed E-state index contributed by atoms with van der Waals surface area (Å²) in [5.41, 5.74) is 12.0. The summed E-state index contributed by atoms with van der Waals surface area (Å²) in [4.78, 5) is 4.50. The van der Waals surface area contributed by atoms with Crippen LogP contribution in [0.5, 0.6) is 0 Å². The summed E-state index contributed by atoms with van der Waals surface area (Å²) in [6.45, 7) is 4.27. The van der Waals surface area contributed by atoms with Gasteiger partial charge in [0, 0.05) is 37.6 Å². The fraction of sp³-hybridized carbons (Fsp3) is 0.350. The van der Waals surface area contributed by atoms with E-state index < -0.39 is 0 Å². The largest absolute Gasteiger partial charge is 0.381 e. The smallest absolute Gasteiger partial charge is 0.136 e. The Morgan fingerprint density at radius 2 is 1.96 bits per heavy atom. The minimum Gasteiger partial charge on any atom is -0.381 e. The topological polar surface area (TPSA) is 52.5 Å². The molecule has 1 aliphatic heterocycles. The van der Waals surface area contributed by atoms with Crippen LogP contribution in [0.2, 0.25) is 0 Å². The highest BCUT2D eigenvalue weighted by Crippen LogP contribution is 2.35. The lowest BCUT2D eigenvalue weighted by atomic mass is 9.74. The van der Waals surface area contributed by atoms with Crippen LogP contribution < -0.4 is 5.73 Å². The van der Waals surface area contributed by atoms with Gasteiger partial charge in [0.2, 0.25) is 0 Å². The molecule has 0 radical (unpaired) electrons. The number of nitrogens with two attached hydrogens (primary N) is 1. The van der Waals surface area contributed by atoms with E-state index in [0.29, 0.717) is 6.54 Å². The molecule has 3 aromatic rings. The molecule has 4 rings (SSSR count). The van der Waals surface area contributed by atoms with Crippen molar-refractivity contribution in [1.82, 2.24) is 9.38 Å². The van der Waals surface area contributed by atoms with E-state index in [4.69, 9.17) is 10.5 Å². The highest BCUT2D eigenvalue weighted by molar-refractivity contribution is 5.66. The number of nitrogens with zero attached hydrogens (tertiary/aromatic N) is 2. The number of rotatable bonds is 3. The Labute approximate surface area is 142 Å². The molecule has 0 spiro atoms. The van der Waals surface area contributed by atoms with Gasteiger partial charge in [-0.15, -0.1) is 0 Å². The number of ether oxygens (including phenoxy) is 1. The number of benzene rings is 1. The third kappa shape index (κ3) is 2.62. The van der Waals surface area contributed by atoms with Crippen LogP contribution in [0.15, 0.2) is 48.8 Å². The number of hydrogen-bond acceptors (Lipinski definition) is 3. The third-order valence-electron chi connectivity index (χ3n) is 5.22. The van der Waals surface area contributed by atoms with Gasteiger partial charge < -0.3 is 14.9 Å². The van der Waals surface area contributed by atoms with Crippen LogP contribution in [0.3, 0.4) is 0 Å². The van der Waals surface area contributed by atoms with Crippen LogP contribution in [0.25, 0.3) is 16.8 Å². The van der Waals surface area contributed by atoms with E-state index in [9.17, 15) is 0 Å². The maximum atomic E-state index is 6.17. The second-order valence-corrected chi connectivity index (χ2v) is 6.74. The van der Waals surface area contributed by atoms with E-state index in [1.165, 1.54) is 16.7 Å². The van der Waals surface area contributed by atoms with E-state index in [-0.39, 0.29) is 5.41 Å². The zero-order chi connectivity index (χ0) is 16.6. The molecule has 24 heavy (non-hydrogen) atoms. The first kappa shape index (κ1) is 15.4. The molecule has 4 heteroatoms. The molecular weight excluding hydrogens is 298 g/mol. The maximum absolute atomic E-state index is 6.17. The Hall–Kier alpha value is -2.17. The van der Waals surface area contributed by atoms with Gasteiger partial charge >= 0.3 is 0 Å². The minimum atomic E-state index is 0.0456. The number of aromatic nitrogens is 2. The summed E-state index contributed by atoms with van der Waals surface area (Å²) in [5, 5.41) is 0. The summed E-state index contributed by atoms with van der Waals surface area (Å²) in [6.07, 6.45) is 6.19. The molecule has 0 bridgehead atoms. The molecule has 2 N–H and O–H groups in total. The average molecular weight is 321 g/mol. The van der Waals surface area contributed by atoms with E-state index in [1.807, 2.05) is 6.92 Å². The van der Waals surface area contributed by atoms with Crippen molar-refractivity contribution in [2.45, 2.75) is 25.2 Å². The average Bonchev–Trinajstić information content (AvgIpc) is 3.01. The molecule has 0 aliphatic carbocycles. The van der Waals surface area contributed by atoms with Crippen molar-refractivity contribution in [1.29, 1.82) is 0 Å². The van der Waals surface area contributed by atoms with Gasteiger partial charge in [0.25, 0.3) is 0 Å². The molecule has 0 unspecified atom stereocenters. The van der Waals surface area contributed by atoms with E-state index in [2.05, 4.69) is 58.2 Å². The molecule has 2 aromatic heterocycles. The normalized spacial score (nSPS) is 17.2. The number of pyridine rings is 1. The Kier molecular flexibility index (Phi) is 3.87. The highest BCUT2D eigenvalue weighted by Gasteiger charge is 2.33. The van der Waals surface area contributed by atoms with Crippen molar-refractivity contribution < 1.29 is 4.74 Å². The van der Waals surface area contributed by atoms with Gasteiger partial charge in [-0.25, -0.2) is 4.98 Å². The number of fused-ring (bicyclic) bond motifs is 1. The predicted octanol–water partition coefficient (Wildman–Crippen LogP) is 3.32. The quantitative estimate of drug-likeness (QED) is 0.805. The number of aryl methyl sites for hydroxylation is 1.